The van der Waals surface area contributed by atoms with Crippen LogP contribution >= 0.6 is 0 Å². The van der Waals surface area contributed by atoms with Gasteiger partial charge in [0.05, 0.1) is 6.33 Å². The van der Waals surface area contributed by atoms with Gasteiger partial charge in [-0.05, 0) is 30.7 Å². The highest BCUT2D eigenvalue weighted by Gasteiger charge is 2.41. The van der Waals surface area contributed by atoms with E-state index in [0.29, 0.717) is 18.1 Å². The number of benzene rings is 1. The van der Waals surface area contributed by atoms with Crippen LogP contribution in [0, 0.1) is 0 Å². The van der Waals surface area contributed by atoms with Crippen LogP contribution in [0.15, 0.2) is 47.5 Å². The van der Waals surface area contributed by atoms with Gasteiger partial charge in [-0.15, -0.1) is 0 Å². The Morgan fingerprint density at radius 3 is 2.70 bits per heavy atom. The van der Waals surface area contributed by atoms with Gasteiger partial charge in [-0.3, -0.25) is 0 Å². The molecule has 0 bridgehead atoms. The number of rotatable bonds is 3. The molecule has 1 aliphatic carbocycles. The Balaban J connectivity index is 1.55. The minimum atomic E-state index is -2.61. The number of hydrogen-bond donors (Lipinski definition) is 0. The summed E-state index contributed by atoms with van der Waals surface area (Å²) >= 11 is 0. The van der Waals surface area contributed by atoms with Gasteiger partial charge in [-0.2, -0.15) is 4.98 Å². The Kier molecular flexibility index (Phi) is 3.21. The lowest BCUT2D eigenvalue weighted by Crippen LogP contribution is -2.09. The highest BCUT2D eigenvalue weighted by atomic mass is 19.3. The predicted octanol–water partition coefficient (Wildman–Crippen LogP) is 3.83. The van der Waals surface area contributed by atoms with Crippen LogP contribution in [0.5, 0.6) is 0 Å². The third-order valence-electron chi connectivity index (χ3n) is 4.13. The minimum Gasteiger partial charge on any atom is -0.334 e. The van der Waals surface area contributed by atoms with Crippen LogP contribution in [0.3, 0.4) is 0 Å². The van der Waals surface area contributed by atoms with E-state index in [1.807, 2.05) is 35.0 Å². The van der Waals surface area contributed by atoms with Gasteiger partial charge in [-0.1, -0.05) is 5.16 Å². The van der Waals surface area contributed by atoms with Crippen LogP contribution in [0.25, 0.3) is 17.1 Å². The topological polar surface area (TPSA) is 56.7 Å². The van der Waals surface area contributed by atoms with Crippen molar-refractivity contribution >= 4 is 0 Å². The molecule has 2 heterocycles. The van der Waals surface area contributed by atoms with E-state index in [1.54, 1.807) is 12.5 Å². The van der Waals surface area contributed by atoms with Crippen LogP contribution in [0.2, 0.25) is 0 Å². The molecule has 0 saturated heterocycles. The van der Waals surface area contributed by atoms with Crippen molar-refractivity contribution in [2.24, 2.45) is 0 Å². The van der Waals surface area contributed by atoms with Gasteiger partial charge in [0, 0.05) is 42.4 Å². The summed E-state index contributed by atoms with van der Waals surface area (Å²) in [6.07, 6.45) is 5.34. The van der Waals surface area contributed by atoms with Crippen molar-refractivity contribution in [3.63, 3.8) is 0 Å². The Bertz CT molecular complexity index is 796. The first kappa shape index (κ1) is 14.0. The largest absolute Gasteiger partial charge is 0.334 e. The number of alkyl halides is 2. The Hall–Kier alpha value is -2.57. The van der Waals surface area contributed by atoms with Gasteiger partial charge in [0.15, 0.2) is 5.82 Å². The second-order valence-corrected chi connectivity index (χ2v) is 5.77. The average molecular weight is 316 g/mol. The van der Waals surface area contributed by atoms with Crippen molar-refractivity contribution in [2.45, 2.75) is 31.1 Å². The highest BCUT2D eigenvalue weighted by molar-refractivity contribution is 5.55. The molecule has 5 nitrogen and oxygen atoms in total. The predicted molar refractivity (Wildman–Crippen MR) is 78.4 cm³/mol. The lowest BCUT2D eigenvalue weighted by atomic mass is 10.1. The monoisotopic (exact) mass is 316 g/mol. The van der Waals surface area contributed by atoms with Gasteiger partial charge in [0.2, 0.25) is 5.92 Å². The van der Waals surface area contributed by atoms with Crippen molar-refractivity contribution in [1.29, 1.82) is 0 Å². The Morgan fingerprint density at radius 2 is 2.04 bits per heavy atom. The third kappa shape index (κ3) is 2.74. The molecule has 1 fully saturated rings. The lowest BCUT2D eigenvalue weighted by molar-refractivity contribution is 0.00749. The second kappa shape index (κ2) is 5.26. The molecule has 1 atom stereocenters. The average Bonchev–Trinajstić information content (AvgIpc) is 3.27. The molecular formula is C16H14F2N4O. The van der Waals surface area contributed by atoms with Crippen molar-refractivity contribution < 1.29 is 13.3 Å². The van der Waals surface area contributed by atoms with Gasteiger partial charge >= 0.3 is 0 Å². The third-order valence-corrected chi connectivity index (χ3v) is 4.13. The maximum Gasteiger partial charge on any atom is 0.257 e. The zero-order chi connectivity index (χ0) is 15.9. The van der Waals surface area contributed by atoms with E-state index in [9.17, 15) is 8.78 Å². The Morgan fingerprint density at radius 1 is 1.22 bits per heavy atom. The summed E-state index contributed by atoms with van der Waals surface area (Å²) < 4.78 is 33.7. The van der Waals surface area contributed by atoms with Crippen molar-refractivity contribution in [2.75, 3.05) is 0 Å². The van der Waals surface area contributed by atoms with Crippen molar-refractivity contribution in [3.05, 3.63) is 48.8 Å². The van der Waals surface area contributed by atoms with Gasteiger partial charge in [0.25, 0.3) is 5.89 Å². The molecule has 1 saturated carbocycles. The molecule has 1 aromatic carbocycles. The van der Waals surface area contributed by atoms with E-state index in [2.05, 4.69) is 15.1 Å². The normalized spacial score (nSPS) is 20.0. The molecule has 4 rings (SSSR count). The summed E-state index contributed by atoms with van der Waals surface area (Å²) in [5.74, 6) is -2.21. The number of imidazole rings is 1. The molecule has 1 aliphatic rings. The van der Waals surface area contributed by atoms with Crippen molar-refractivity contribution in [3.8, 4) is 17.1 Å². The Labute approximate surface area is 131 Å². The number of nitrogens with zero attached hydrogens (tertiary/aromatic N) is 4. The van der Waals surface area contributed by atoms with E-state index in [1.165, 1.54) is 0 Å². The lowest BCUT2D eigenvalue weighted by Gasteiger charge is -2.06. The number of halogens is 2. The maximum absolute atomic E-state index is 13.3. The molecule has 0 amide bonds. The molecular weight excluding hydrogens is 302 g/mol. The molecule has 7 heteroatoms. The summed E-state index contributed by atoms with van der Waals surface area (Å²) in [4.78, 5) is 8.29. The first-order valence-corrected chi connectivity index (χ1v) is 7.41. The fourth-order valence-electron chi connectivity index (χ4n) is 2.88. The summed E-state index contributed by atoms with van der Waals surface area (Å²) in [5.41, 5.74) is 1.72. The zero-order valence-corrected chi connectivity index (χ0v) is 12.2. The van der Waals surface area contributed by atoms with E-state index >= 15 is 0 Å². The SMILES string of the molecule is FC1(F)CCC(c2noc(-c3ccc(-n4ccnc4)cc3)n2)C1. The van der Waals surface area contributed by atoms with E-state index in [-0.39, 0.29) is 18.8 Å². The fourth-order valence-corrected chi connectivity index (χ4v) is 2.88. The smallest absolute Gasteiger partial charge is 0.257 e. The van der Waals surface area contributed by atoms with Gasteiger partial charge in [0.1, 0.15) is 0 Å². The molecule has 0 aliphatic heterocycles. The van der Waals surface area contributed by atoms with Crippen LogP contribution < -0.4 is 0 Å². The molecule has 2 aromatic heterocycles. The van der Waals surface area contributed by atoms with Crippen LogP contribution in [0.4, 0.5) is 8.78 Å². The maximum atomic E-state index is 13.3. The van der Waals surface area contributed by atoms with Crippen LogP contribution in [0.1, 0.15) is 31.0 Å². The van der Waals surface area contributed by atoms with Crippen molar-refractivity contribution in [1.82, 2.24) is 19.7 Å². The highest BCUT2D eigenvalue weighted by Crippen LogP contribution is 2.43. The summed E-state index contributed by atoms with van der Waals surface area (Å²) in [5, 5.41) is 3.88. The summed E-state index contributed by atoms with van der Waals surface area (Å²) in [6, 6.07) is 7.53. The molecule has 0 spiro atoms. The molecule has 23 heavy (non-hydrogen) atoms. The second-order valence-electron chi connectivity index (χ2n) is 5.77. The van der Waals surface area contributed by atoms with E-state index in [4.69, 9.17) is 4.52 Å². The molecule has 1 unspecified atom stereocenters. The van der Waals surface area contributed by atoms with E-state index < -0.39 is 5.92 Å². The standard InChI is InChI=1S/C16H14F2N4O/c17-16(18)6-5-12(9-16)14-20-15(23-21-14)11-1-3-13(4-2-11)22-8-7-19-10-22/h1-4,7-8,10,12H,5-6,9H2. The quantitative estimate of drug-likeness (QED) is 0.737. The summed E-state index contributed by atoms with van der Waals surface area (Å²) in [6.45, 7) is 0. The molecule has 0 radical (unpaired) electrons. The number of hydrogen-bond acceptors (Lipinski definition) is 4. The van der Waals surface area contributed by atoms with Gasteiger partial charge < -0.3 is 9.09 Å². The first-order chi connectivity index (χ1) is 11.1. The minimum absolute atomic E-state index is 0.110. The van der Waals surface area contributed by atoms with Gasteiger partial charge in [-0.25, -0.2) is 13.8 Å². The molecule has 118 valence electrons. The van der Waals surface area contributed by atoms with Crippen LogP contribution in [-0.2, 0) is 0 Å². The van der Waals surface area contributed by atoms with E-state index in [0.717, 1.165) is 11.3 Å². The first-order valence-electron chi connectivity index (χ1n) is 7.41. The summed E-state index contributed by atoms with van der Waals surface area (Å²) in [7, 11) is 0. The molecule has 0 N–H and O–H groups in total. The fraction of sp³-hybridized carbons (Fsp3) is 0.312. The van der Waals surface area contributed by atoms with Crippen LogP contribution in [-0.4, -0.2) is 25.6 Å². The number of aromatic nitrogens is 4. The molecule has 3 aromatic rings. The zero-order valence-electron chi connectivity index (χ0n) is 12.2.